The molecule has 174 valence electrons. The SMILES string of the molecule is COCCn1c(C)cc([C@H]2[C@@H](c3ccccn3)NC(=S)N2c2ccc(OC(C)C)cc2)c1C. The molecule has 6 nitrogen and oxygen atoms in total. The highest BCUT2D eigenvalue weighted by Gasteiger charge is 2.42. The van der Waals surface area contributed by atoms with Crippen LogP contribution in [0.15, 0.2) is 54.7 Å². The van der Waals surface area contributed by atoms with Gasteiger partial charge in [0.05, 0.1) is 30.5 Å². The molecule has 7 heteroatoms. The summed E-state index contributed by atoms with van der Waals surface area (Å²) in [4.78, 5) is 6.86. The van der Waals surface area contributed by atoms with Crippen molar-refractivity contribution < 1.29 is 9.47 Å². The molecule has 0 bridgehead atoms. The van der Waals surface area contributed by atoms with Crippen LogP contribution in [0.3, 0.4) is 0 Å². The van der Waals surface area contributed by atoms with Crippen molar-refractivity contribution >= 4 is 23.0 Å². The summed E-state index contributed by atoms with van der Waals surface area (Å²) in [6.07, 6.45) is 1.96. The highest BCUT2D eigenvalue weighted by molar-refractivity contribution is 7.80. The van der Waals surface area contributed by atoms with Crippen LogP contribution in [0.1, 0.15) is 48.6 Å². The molecule has 0 aliphatic carbocycles. The molecule has 1 fully saturated rings. The molecule has 1 saturated heterocycles. The number of aromatic nitrogens is 2. The Labute approximate surface area is 201 Å². The molecule has 1 N–H and O–H groups in total. The number of aryl methyl sites for hydroxylation is 1. The van der Waals surface area contributed by atoms with Gasteiger partial charge in [-0.15, -0.1) is 0 Å². The van der Waals surface area contributed by atoms with Crippen molar-refractivity contribution in [1.29, 1.82) is 0 Å². The van der Waals surface area contributed by atoms with Crippen LogP contribution in [-0.2, 0) is 11.3 Å². The van der Waals surface area contributed by atoms with Gasteiger partial charge in [-0.1, -0.05) is 6.07 Å². The van der Waals surface area contributed by atoms with Gasteiger partial charge in [0.2, 0.25) is 0 Å². The number of thiocarbonyl (C=S) groups is 1. The average Bonchev–Trinajstić information content (AvgIpc) is 3.28. The minimum Gasteiger partial charge on any atom is -0.491 e. The van der Waals surface area contributed by atoms with Crippen LogP contribution >= 0.6 is 12.2 Å². The normalized spacial score (nSPS) is 18.1. The smallest absolute Gasteiger partial charge is 0.174 e. The van der Waals surface area contributed by atoms with E-state index in [-0.39, 0.29) is 18.2 Å². The standard InChI is InChI=1S/C26H32N4O2S/c1-17(2)32-21-11-9-20(10-12-21)30-25(22-16-18(3)29(19(22)4)14-15-31-5)24(28-26(30)33)23-8-6-7-13-27-23/h6-13,16-17,24-25H,14-15H2,1-5H3,(H,28,33)/t24-,25+/m1/s1. The summed E-state index contributed by atoms with van der Waals surface area (Å²) >= 11 is 5.86. The Morgan fingerprint density at radius 1 is 1.12 bits per heavy atom. The van der Waals surface area contributed by atoms with E-state index in [9.17, 15) is 0 Å². The Kier molecular flexibility index (Phi) is 7.00. The maximum atomic E-state index is 5.86. The first-order chi connectivity index (χ1) is 15.9. The van der Waals surface area contributed by atoms with Gasteiger partial charge in [0, 0.05) is 36.9 Å². The van der Waals surface area contributed by atoms with Crippen molar-refractivity contribution in [3.05, 3.63) is 77.4 Å². The number of anilines is 1. The second-order valence-electron chi connectivity index (χ2n) is 8.63. The van der Waals surface area contributed by atoms with E-state index in [1.54, 1.807) is 7.11 Å². The van der Waals surface area contributed by atoms with Crippen molar-refractivity contribution in [2.45, 2.75) is 52.4 Å². The topological polar surface area (TPSA) is 51.5 Å². The second kappa shape index (κ2) is 9.93. The van der Waals surface area contributed by atoms with Crippen molar-refractivity contribution in [3.63, 3.8) is 0 Å². The van der Waals surface area contributed by atoms with Crippen LogP contribution in [0, 0.1) is 13.8 Å². The predicted molar refractivity (Wildman–Crippen MR) is 136 cm³/mol. The summed E-state index contributed by atoms with van der Waals surface area (Å²) in [6, 6.07) is 16.3. The molecule has 0 amide bonds. The van der Waals surface area contributed by atoms with Gasteiger partial charge in [-0.2, -0.15) is 0 Å². The van der Waals surface area contributed by atoms with Gasteiger partial charge in [0.1, 0.15) is 5.75 Å². The van der Waals surface area contributed by atoms with Gasteiger partial charge in [-0.3, -0.25) is 4.98 Å². The Balaban J connectivity index is 1.78. The second-order valence-corrected chi connectivity index (χ2v) is 9.01. The lowest BCUT2D eigenvalue weighted by Crippen LogP contribution is -2.29. The Morgan fingerprint density at radius 3 is 2.52 bits per heavy atom. The third-order valence-electron chi connectivity index (χ3n) is 6.04. The van der Waals surface area contributed by atoms with Crippen molar-refractivity contribution in [2.75, 3.05) is 18.6 Å². The first-order valence-electron chi connectivity index (χ1n) is 11.3. The molecule has 1 aliphatic heterocycles. The summed E-state index contributed by atoms with van der Waals surface area (Å²) in [7, 11) is 1.74. The van der Waals surface area contributed by atoms with Gasteiger partial charge < -0.3 is 24.3 Å². The average molecular weight is 465 g/mol. The molecule has 2 aromatic heterocycles. The highest BCUT2D eigenvalue weighted by atomic mass is 32.1. The largest absolute Gasteiger partial charge is 0.491 e. The van der Waals surface area contributed by atoms with E-state index in [1.807, 2.05) is 44.3 Å². The summed E-state index contributed by atoms with van der Waals surface area (Å²) < 4.78 is 13.5. The minimum absolute atomic E-state index is 0.0354. The molecule has 3 heterocycles. The number of methoxy groups -OCH3 is 1. The van der Waals surface area contributed by atoms with Gasteiger partial charge >= 0.3 is 0 Å². The van der Waals surface area contributed by atoms with Crippen LogP contribution in [0.4, 0.5) is 5.69 Å². The third kappa shape index (κ3) is 4.75. The van der Waals surface area contributed by atoms with E-state index < -0.39 is 0 Å². The van der Waals surface area contributed by atoms with Gasteiger partial charge in [0.25, 0.3) is 0 Å². The van der Waals surface area contributed by atoms with E-state index in [0.29, 0.717) is 11.7 Å². The first-order valence-corrected chi connectivity index (χ1v) is 11.7. The van der Waals surface area contributed by atoms with Crippen LogP contribution in [-0.4, -0.2) is 34.5 Å². The molecule has 1 aromatic carbocycles. The van der Waals surface area contributed by atoms with Crippen LogP contribution in [0.2, 0.25) is 0 Å². The lowest BCUT2D eigenvalue weighted by Gasteiger charge is -2.28. The molecule has 0 radical (unpaired) electrons. The summed E-state index contributed by atoms with van der Waals surface area (Å²) in [6.45, 7) is 9.86. The predicted octanol–water partition coefficient (Wildman–Crippen LogP) is 5.11. The fraction of sp³-hybridized carbons (Fsp3) is 0.385. The molecule has 0 unspecified atom stereocenters. The van der Waals surface area contributed by atoms with Crippen molar-refractivity contribution in [2.24, 2.45) is 0 Å². The zero-order chi connectivity index (χ0) is 23.5. The van der Waals surface area contributed by atoms with Crippen LogP contribution < -0.4 is 15.0 Å². The molecule has 0 saturated carbocycles. The monoisotopic (exact) mass is 464 g/mol. The third-order valence-corrected chi connectivity index (χ3v) is 6.35. The lowest BCUT2D eigenvalue weighted by atomic mass is 9.96. The number of nitrogens with one attached hydrogen (secondary N) is 1. The number of ether oxygens (including phenoxy) is 2. The number of rotatable bonds is 8. The molecule has 4 rings (SSSR count). The van der Waals surface area contributed by atoms with E-state index in [4.69, 9.17) is 21.7 Å². The highest BCUT2D eigenvalue weighted by Crippen LogP contribution is 2.43. The first kappa shape index (κ1) is 23.3. The quantitative estimate of drug-likeness (QED) is 0.468. The van der Waals surface area contributed by atoms with Gasteiger partial charge in [0.15, 0.2) is 5.11 Å². The summed E-state index contributed by atoms with van der Waals surface area (Å²) in [5.74, 6) is 0.849. The van der Waals surface area contributed by atoms with E-state index in [0.717, 1.165) is 23.7 Å². The molecule has 3 aromatic rings. The number of nitrogens with zero attached hydrogens (tertiary/aromatic N) is 3. The van der Waals surface area contributed by atoms with Crippen LogP contribution in [0.25, 0.3) is 0 Å². The molecule has 33 heavy (non-hydrogen) atoms. The summed E-state index contributed by atoms with van der Waals surface area (Å²) in [5, 5.41) is 4.23. The number of hydrogen-bond donors (Lipinski definition) is 1. The summed E-state index contributed by atoms with van der Waals surface area (Å²) in [5.41, 5.74) is 5.64. The van der Waals surface area contributed by atoms with Gasteiger partial charge in [-0.05, 0) is 87.9 Å². The van der Waals surface area contributed by atoms with E-state index in [1.165, 1.54) is 17.0 Å². The zero-order valence-electron chi connectivity index (χ0n) is 19.9. The maximum Gasteiger partial charge on any atom is 0.174 e. The minimum atomic E-state index is -0.0679. The molecule has 1 aliphatic rings. The molecule has 0 spiro atoms. The molecular weight excluding hydrogens is 432 g/mol. The number of benzene rings is 1. The zero-order valence-corrected chi connectivity index (χ0v) is 20.7. The van der Waals surface area contributed by atoms with E-state index in [2.05, 4.69) is 57.9 Å². The van der Waals surface area contributed by atoms with Crippen molar-refractivity contribution in [1.82, 2.24) is 14.9 Å². The number of pyridine rings is 1. The fourth-order valence-corrected chi connectivity index (χ4v) is 4.91. The van der Waals surface area contributed by atoms with Crippen LogP contribution in [0.5, 0.6) is 5.75 Å². The number of hydrogen-bond acceptors (Lipinski definition) is 4. The van der Waals surface area contributed by atoms with E-state index >= 15 is 0 Å². The fourth-order valence-electron chi connectivity index (χ4n) is 4.56. The Hall–Kier alpha value is -2.90. The Morgan fingerprint density at radius 2 is 1.88 bits per heavy atom. The Bertz CT molecular complexity index is 1100. The van der Waals surface area contributed by atoms with Gasteiger partial charge in [-0.25, -0.2) is 0 Å². The maximum absolute atomic E-state index is 5.86. The molecule has 2 atom stereocenters. The van der Waals surface area contributed by atoms with Crippen molar-refractivity contribution in [3.8, 4) is 5.75 Å². The lowest BCUT2D eigenvalue weighted by molar-refractivity contribution is 0.186. The molecular formula is C26H32N4O2S.